The van der Waals surface area contributed by atoms with Crippen molar-refractivity contribution in [1.29, 1.82) is 0 Å². The Morgan fingerprint density at radius 3 is 2.47 bits per heavy atom. The number of aliphatic hydroxyl groups excluding tert-OH is 1. The van der Waals surface area contributed by atoms with Crippen LogP contribution >= 0.6 is 0 Å². The fraction of sp³-hybridized carbons (Fsp3) is 0.917. The molecule has 1 saturated heterocycles. The van der Waals surface area contributed by atoms with Crippen LogP contribution in [-0.4, -0.2) is 38.1 Å². The molecule has 100 valence electrons. The molecular weight excluding hydrogens is 234 g/mol. The molecule has 0 bridgehead atoms. The quantitative estimate of drug-likeness (QED) is 0.755. The third kappa shape index (κ3) is 3.79. The Morgan fingerprint density at radius 1 is 1.47 bits per heavy atom. The van der Waals surface area contributed by atoms with Crippen LogP contribution in [0.2, 0.25) is 18.1 Å². The van der Waals surface area contributed by atoms with Crippen LogP contribution in [0.15, 0.2) is 0 Å². The minimum absolute atomic E-state index is 0.0715. The lowest BCUT2D eigenvalue weighted by Crippen LogP contribution is -2.41. The molecule has 1 amide bonds. The van der Waals surface area contributed by atoms with E-state index in [2.05, 4.69) is 39.2 Å². The van der Waals surface area contributed by atoms with E-state index in [1.54, 1.807) is 0 Å². The Kier molecular flexibility index (Phi) is 4.38. The maximum Gasteiger partial charge on any atom is 0.249 e. The summed E-state index contributed by atoms with van der Waals surface area (Å²) in [6.07, 6.45) is 0.475. The molecule has 0 aromatic carbocycles. The van der Waals surface area contributed by atoms with Crippen molar-refractivity contribution >= 4 is 14.2 Å². The molecule has 2 N–H and O–H groups in total. The summed E-state index contributed by atoms with van der Waals surface area (Å²) in [6, 6.07) is 0.0715. The predicted molar refractivity (Wildman–Crippen MR) is 70.3 cm³/mol. The Labute approximate surface area is 105 Å². The van der Waals surface area contributed by atoms with Crippen LogP contribution in [0, 0.1) is 0 Å². The van der Waals surface area contributed by atoms with Crippen molar-refractivity contribution in [2.45, 2.75) is 63.9 Å². The van der Waals surface area contributed by atoms with E-state index in [-0.39, 0.29) is 17.0 Å². The topological polar surface area (TPSA) is 58.6 Å². The first kappa shape index (κ1) is 14.7. The second kappa shape index (κ2) is 5.08. The van der Waals surface area contributed by atoms with Crippen LogP contribution in [0.25, 0.3) is 0 Å². The SMILES string of the molecule is CC(C)(C)[Si](C)(C)OCCC1CC(O)C(=O)N1. The lowest BCUT2D eigenvalue weighted by Gasteiger charge is -2.36. The highest BCUT2D eigenvalue weighted by Crippen LogP contribution is 2.36. The number of amides is 1. The van der Waals surface area contributed by atoms with Crippen LogP contribution in [-0.2, 0) is 9.22 Å². The minimum Gasteiger partial charge on any atom is -0.417 e. The van der Waals surface area contributed by atoms with Crippen LogP contribution in [0.3, 0.4) is 0 Å². The van der Waals surface area contributed by atoms with E-state index in [1.807, 2.05) is 0 Å². The first-order valence-corrected chi connectivity index (χ1v) is 9.17. The summed E-state index contributed by atoms with van der Waals surface area (Å²) in [5.74, 6) is -0.248. The van der Waals surface area contributed by atoms with Gasteiger partial charge in [0.2, 0.25) is 5.91 Å². The van der Waals surface area contributed by atoms with Crippen molar-refractivity contribution in [3.8, 4) is 0 Å². The van der Waals surface area contributed by atoms with Crippen molar-refractivity contribution < 1.29 is 14.3 Å². The number of hydrogen-bond acceptors (Lipinski definition) is 3. The van der Waals surface area contributed by atoms with E-state index < -0.39 is 14.4 Å². The Bertz CT molecular complexity index is 286. The number of carbonyl (C=O) groups is 1. The number of rotatable bonds is 4. The lowest BCUT2D eigenvalue weighted by atomic mass is 10.1. The molecular formula is C12H25NO3Si. The third-order valence-corrected chi connectivity index (χ3v) is 8.43. The van der Waals surface area contributed by atoms with Crippen LogP contribution in [0.5, 0.6) is 0 Å². The highest BCUT2D eigenvalue weighted by molar-refractivity contribution is 6.74. The van der Waals surface area contributed by atoms with E-state index in [0.717, 1.165) is 6.42 Å². The minimum atomic E-state index is -1.69. The fourth-order valence-corrected chi connectivity index (χ4v) is 2.66. The van der Waals surface area contributed by atoms with Gasteiger partial charge in [-0.15, -0.1) is 0 Å². The van der Waals surface area contributed by atoms with Gasteiger partial charge in [0.25, 0.3) is 0 Å². The molecule has 0 radical (unpaired) electrons. The summed E-state index contributed by atoms with van der Waals surface area (Å²) in [5, 5.41) is 12.3. The molecule has 1 heterocycles. The number of nitrogens with one attached hydrogen (secondary N) is 1. The van der Waals surface area contributed by atoms with Gasteiger partial charge in [0.05, 0.1) is 0 Å². The monoisotopic (exact) mass is 259 g/mol. The van der Waals surface area contributed by atoms with E-state index in [9.17, 15) is 9.90 Å². The first-order valence-electron chi connectivity index (χ1n) is 6.26. The van der Waals surface area contributed by atoms with Gasteiger partial charge in [0.1, 0.15) is 6.10 Å². The zero-order valence-electron chi connectivity index (χ0n) is 11.5. The molecule has 0 aliphatic carbocycles. The zero-order valence-corrected chi connectivity index (χ0v) is 12.5. The molecule has 0 saturated carbocycles. The van der Waals surface area contributed by atoms with Crippen molar-refractivity contribution in [1.82, 2.24) is 5.32 Å². The normalized spacial score (nSPS) is 26.1. The smallest absolute Gasteiger partial charge is 0.249 e. The van der Waals surface area contributed by atoms with Gasteiger partial charge in [-0.2, -0.15) is 0 Å². The van der Waals surface area contributed by atoms with Crippen molar-refractivity contribution in [2.75, 3.05) is 6.61 Å². The molecule has 2 atom stereocenters. The summed E-state index contributed by atoms with van der Waals surface area (Å²) >= 11 is 0. The lowest BCUT2D eigenvalue weighted by molar-refractivity contribution is -0.126. The molecule has 0 aromatic rings. The largest absolute Gasteiger partial charge is 0.417 e. The van der Waals surface area contributed by atoms with E-state index >= 15 is 0 Å². The predicted octanol–water partition coefficient (Wildman–Crippen LogP) is 1.65. The third-order valence-electron chi connectivity index (χ3n) is 3.89. The number of aliphatic hydroxyl groups is 1. The summed E-state index contributed by atoms with van der Waals surface area (Å²) in [5.41, 5.74) is 0. The van der Waals surface area contributed by atoms with Crippen molar-refractivity contribution in [3.63, 3.8) is 0 Å². The van der Waals surface area contributed by atoms with Crippen LogP contribution in [0.1, 0.15) is 33.6 Å². The Hall–Kier alpha value is -0.393. The number of hydrogen-bond donors (Lipinski definition) is 2. The summed E-state index contributed by atoms with van der Waals surface area (Å²) in [4.78, 5) is 11.1. The van der Waals surface area contributed by atoms with E-state index in [4.69, 9.17) is 4.43 Å². The first-order chi connectivity index (χ1) is 7.63. The molecule has 0 spiro atoms. The molecule has 4 nitrogen and oxygen atoms in total. The molecule has 5 heteroatoms. The van der Waals surface area contributed by atoms with Gasteiger partial charge in [-0.1, -0.05) is 20.8 Å². The highest BCUT2D eigenvalue weighted by Gasteiger charge is 2.37. The van der Waals surface area contributed by atoms with Gasteiger partial charge in [0, 0.05) is 19.1 Å². The highest BCUT2D eigenvalue weighted by atomic mass is 28.4. The summed E-state index contributed by atoms with van der Waals surface area (Å²) in [6.45, 7) is 11.7. The fourth-order valence-electron chi connectivity index (χ4n) is 1.60. The van der Waals surface area contributed by atoms with Gasteiger partial charge < -0.3 is 14.8 Å². The molecule has 1 aliphatic heterocycles. The molecule has 1 rings (SSSR count). The molecule has 1 aliphatic rings. The average molecular weight is 259 g/mol. The van der Waals surface area contributed by atoms with Gasteiger partial charge in [-0.25, -0.2) is 0 Å². The standard InChI is InChI=1S/C12H25NO3Si/c1-12(2,3)17(4,5)16-7-6-9-8-10(14)11(15)13-9/h9-10,14H,6-8H2,1-5H3,(H,13,15). The average Bonchev–Trinajstić information content (AvgIpc) is 2.44. The number of carbonyl (C=O) groups excluding carboxylic acids is 1. The zero-order chi connectivity index (χ0) is 13.3. The Morgan fingerprint density at radius 2 is 2.06 bits per heavy atom. The van der Waals surface area contributed by atoms with Crippen molar-refractivity contribution in [2.24, 2.45) is 0 Å². The van der Waals surface area contributed by atoms with Crippen molar-refractivity contribution in [3.05, 3.63) is 0 Å². The second-order valence-corrected chi connectivity index (χ2v) is 11.2. The molecule has 17 heavy (non-hydrogen) atoms. The maximum absolute atomic E-state index is 11.1. The molecule has 0 aromatic heterocycles. The molecule has 2 unspecified atom stereocenters. The van der Waals surface area contributed by atoms with Gasteiger partial charge in [-0.05, 0) is 24.6 Å². The van der Waals surface area contributed by atoms with Crippen LogP contribution in [0.4, 0.5) is 0 Å². The van der Waals surface area contributed by atoms with Gasteiger partial charge in [0.15, 0.2) is 8.32 Å². The van der Waals surface area contributed by atoms with Gasteiger partial charge in [-0.3, -0.25) is 4.79 Å². The Balaban J connectivity index is 2.32. The second-order valence-electron chi connectivity index (χ2n) is 6.35. The molecule has 1 fully saturated rings. The summed E-state index contributed by atoms with van der Waals surface area (Å²) < 4.78 is 6.03. The van der Waals surface area contributed by atoms with Crippen LogP contribution < -0.4 is 5.32 Å². The van der Waals surface area contributed by atoms with E-state index in [0.29, 0.717) is 13.0 Å². The summed E-state index contributed by atoms with van der Waals surface area (Å²) in [7, 11) is -1.69. The van der Waals surface area contributed by atoms with E-state index in [1.165, 1.54) is 0 Å². The maximum atomic E-state index is 11.1. The van der Waals surface area contributed by atoms with Gasteiger partial charge >= 0.3 is 0 Å².